The van der Waals surface area contributed by atoms with E-state index in [2.05, 4.69) is 32.6 Å². The molecule has 102 valence electrons. The van der Waals surface area contributed by atoms with E-state index in [0.717, 1.165) is 9.64 Å². The number of phenolic OH excluding ortho intramolecular Hbond substituents is 1. The van der Waals surface area contributed by atoms with E-state index < -0.39 is 11.6 Å². The molecule has 0 aliphatic carbocycles. The molecule has 0 radical (unpaired) electrons. The van der Waals surface area contributed by atoms with Crippen molar-refractivity contribution in [2.24, 2.45) is 0 Å². The second-order valence-corrected chi connectivity index (χ2v) is 6.53. The van der Waals surface area contributed by atoms with Gasteiger partial charge in [0.05, 0.1) is 14.7 Å². The first-order valence-electron chi connectivity index (χ1n) is 5.49. The minimum atomic E-state index is -0.996. The van der Waals surface area contributed by atoms with E-state index in [0.29, 0.717) is 20.5 Å². The van der Waals surface area contributed by atoms with Gasteiger partial charge in [-0.1, -0.05) is 0 Å². The van der Waals surface area contributed by atoms with Gasteiger partial charge in [-0.3, -0.25) is 0 Å². The second kappa shape index (κ2) is 5.10. The number of aromatic nitrogens is 2. The zero-order chi connectivity index (χ0) is 14.4. The molecule has 0 saturated heterocycles. The van der Waals surface area contributed by atoms with Crippen LogP contribution in [0, 0.1) is 18.8 Å². The summed E-state index contributed by atoms with van der Waals surface area (Å²) < 4.78 is 28.4. The highest BCUT2D eigenvalue weighted by atomic mass is 127. The molecule has 2 aromatic carbocycles. The summed E-state index contributed by atoms with van der Waals surface area (Å²) in [7, 11) is 0. The third-order valence-corrected chi connectivity index (χ3v) is 4.27. The summed E-state index contributed by atoms with van der Waals surface area (Å²) in [6.45, 7) is 0. The Labute approximate surface area is 139 Å². The van der Waals surface area contributed by atoms with Crippen LogP contribution >= 0.6 is 45.2 Å². The average Bonchev–Trinajstić information content (AvgIpc) is 2.83. The molecule has 0 saturated carbocycles. The number of phenols is 1. The molecule has 0 amide bonds. The maximum absolute atomic E-state index is 13.7. The normalized spacial score (nSPS) is 11.2. The summed E-state index contributed by atoms with van der Waals surface area (Å²) in [5.74, 6) is -1.58. The fourth-order valence-corrected chi connectivity index (χ4v) is 3.74. The third kappa shape index (κ3) is 2.26. The van der Waals surface area contributed by atoms with E-state index >= 15 is 0 Å². The van der Waals surface area contributed by atoms with Gasteiger partial charge in [-0.15, -0.1) is 0 Å². The van der Waals surface area contributed by atoms with Crippen molar-refractivity contribution >= 4 is 56.2 Å². The highest BCUT2D eigenvalue weighted by Gasteiger charge is 2.16. The van der Waals surface area contributed by atoms with Gasteiger partial charge in [0, 0.05) is 3.57 Å². The molecular formula is C13H6F2I2N2O. The smallest absolute Gasteiger partial charge is 0.186 e. The number of imidazole rings is 1. The molecule has 3 nitrogen and oxygen atoms in total. The zero-order valence-electron chi connectivity index (χ0n) is 9.72. The minimum absolute atomic E-state index is 0.0611. The van der Waals surface area contributed by atoms with Crippen molar-refractivity contribution in [3.05, 3.63) is 43.0 Å². The molecule has 0 fully saturated rings. The summed E-state index contributed by atoms with van der Waals surface area (Å²) in [6.07, 6.45) is 0. The summed E-state index contributed by atoms with van der Waals surface area (Å²) in [6, 6.07) is 5.99. The number of hydrogen-bond acceptors (Lipinski definition) is 2. The number of rotatable bonds is 1. The summed E-state index contributed by atoms with van der Waals surface area (Å²) in [5, 5.41) is 10.1. The number of fused-ring (bicyclic) bond motifs is 1. The van der Waals surface area contributed by atoms with Gasteiger partial charge in [-0.25, -0.2) is 13.8 Å². The lowest BCUT2D eigenvalue weighted by molar-refractivity contribution is 0.473. The number of aromatic amines is 1. The fraction of sp³-hybridized carbons (Fsp3) is 0. The zero-order valence-corrected chi connectivity index (χ0v) is 14.0. The maximum atomic E-state index is 13.7. The van der Waals surface area contributed by atoms with Crippen molar-refractivity contribution in [1.82, 2.24) is 9.97 Å². The van der Waals surface area contributed by atoms with Crippen LogP contribution in [-0.4, -0.2) is 15.1 Å². The lowest BCUT2D eigenvalue weighted by Crippen LogP contribution is -1.87. The first-order chi connectivity index (χ1) is 9.47. The Morgan fingerprint density at radius 3 is 2.65 bits per heavy atom. The maximum Gasteiger partial charge on any atom is 0.186 e. The molecule has 0 atom stereocenters. The van der Waals surface area contributed by atoms with Gasteiger partial charge in [0.2, 0.25) is 0 Å². The predicted molar refractivity (Wildman–Crippen MR) is 88.5 cm³/mol. The quantitative estimate of drug-likeness (QED) is 0.489. The topological polar surface area (TPSA) is 48.9 Å². The molecule has 0 unspecified atom stereocenters. The van der Waals surface area contributed by atoms with E-state index in [1.165, 1.54) is 6.07 Å². The highest BCUT2D eigenvalue weighted by molar-refractivity contribution is 14.1. The highest BCUT2D eigenvalue weighted by Crippen LogP contribution is 2.34. The van der Waals surface area contributed by atoms with Gasteiger partial charge >= 0.3 is 0 Å². The lowest BCUT2D eigenvalue weighted by Gasteiger charge is -2.04. The van der Waals surface area contributed by atoms with Crippen molar-refractivity contribution in [2.75, 3.05) is 0 Å². The van der Waals surface area contributed by atoms with Crippen molar-refractivity contribution in [2.45, 2.75) is 0 Å². The molecule has 1 heterocycles. The molecule has 20 heavy (non-hydrogen) atoms. The number of halogens is 4. The number of benzene rings is 2. The van der Waals surface area contributed by atoms with Gasteiger partial charge in [0.1, 0.15) is 17.1 Å². The first kappa shape index (κ1) is 14.0. The van der Waals surface area contributed by atoms with Crippen molar-refractivity contribution in [1.29, 1.82) is 0 Å². The molecule has 0 spiro atoms. The molecule has 0 aliphatic rings. The van der Waals surface area contributed by atoms with Crippen molar-refractivity contribution in [3.63, 3.8) is 0 Å². The standard InChI is InChI=1S/C13H6F2I2N2O/c14-7-1-2-9-11(10(7)15)19-13(18-9)6-3-5(16)4-8(17)12(6)20/h1-4,20H,(H,18,19). The number of nitrogens with one attached hydrogen (secondary N) is 1. The van der Waals surface area contributed by atoms with Crippen LogP contribution in [0.4, 0.5) is 8.78 Å². The Balaban J connectivity index is 2.28. The monoisotopic (exact) mass is 498 g/mol. The minimum Gasteiger partial charge on any atom is -0.506 e. The van der Waals surface area contributed by atoms with Gasteiger partial charge in [-0.05, 0) is 69.4 Å². The summed E-state index contributed by atoms with van der Waals surface area (Å²) in [5.41, 5.74) is 0.762. The molecule has 7 heteroatoms. The van der Waals surface area contributed by atoms with Crippen LogP contribution in [-0.2, 0) is 0 Å². The summed E-state index contributed by atoms with van der Waals surface area (Å²) in [4.78, 5) is 6.94. The van der Waals surface area contributed by atoms with Crippen molar-refractivity contribution < 1.29 is 13.9 Å². The van der Waals surface area contributed by atoms with Gasteiger partial charge < -0.3 is 10.1 Å². The predicted octanol–water partition coefficient (Wildman–Crippen LogP) is 4.42. The average molecular weight is 498 g/mol. The Morgan fingerprint density at radius 1 is 1.15 bits per heavy atom. The fourth-order valence-electron chi connectivity index (χ4n) is 1.89. The van der Waals surface area contributed by atoms with E-state index in [-0.39, 0.29) is 11.3 Å². The Hall–Kier alpha value is -0.970. The SMILES string of the molecule is Oc1c(I)cc(I)cc1-c1nc2c(F)c(F)ccc2[nH]1. The number of H-pyrrole nitrogens is 1. The molecule has 2 N–H and O–H groups in total. The summed E-state index contributed by atoms with van der Waals surface area (Å²) >= 11 is 4.12. The number of aromatic hydroxyl groups is 1. The van der Waals surface area contributed by atoms with E-state index in [4.69, 9.17) is 0 Å². The van der Waals surface area contributed by atoms with Gasteiger partial charge in [0.15, 0.2) is 11.6 Å². The Kier molecular flexibility index (Phi) is 3.56. The largest absolute Gasteiger partial charge is 0.506 e. The van der Waals surface area contributed by atoms with E-state index in [1.807, 2.05) is 28.7 Å². The third-order valence-electron chi connectivity index (χ3n) is 2.83. The second-order valence-electron chi connectivity index (χ2n) is 4.13. The van der Waals surface area contributed by atoms with Crippen LogP contribution in [0.5, 0.6) is 5.75 Å². The Morgan fingerprint density at radius 2 is 1.90 bits per heavy atom. The van der Waals surface area contributed by atoms with Crippen LogP contribution in [0.1, 0.15) is 0 Å². The van der Waals surface area contributed by atoms with Crippen LogP contribution < -0.4 is 0 Å². The Bertz CT molecular complexity index is 833. The number of nitrogens with zero attached hydrogens (tertiary/aromatic N) is 1. The molecule has 1 aromatic heterocycles. The molecule has 0 aliphatic heterocycles. The van der Waals surface area contributed by atoms with E-state index in [1.54, 1.807) is 6.07 Å². The van der Waals surface area contributed by atoms with Crippen LogP contribution in [0.15, 0.2) is 24.3 Å². The van der Waals surface area contributed by atoms with E-state index in [9.17, 15) is 13.9 Å². The van der Waals surface area contributed by atoms with Crippen molar-refractivity contribution in [3.8, 4) is 17.1 Å². The van der Waals surface area contributed by atoms with Crippen LogP contribution in [0.2, 0.25) is 0 Å². The molecule has 0 bridgehead atoms. The van der Waals surface area contributed by atoms with Crippen LogP contribution in [0.25, 0.3) is 22.4 Å². The van der Waals surface area contributed by atoms with Crippen LogP contribution in [0.3, 0.4) is 0 Å². The molecule has 3 aromatic rings. The molecular weight excluding hydrogens is 492 g/mol. The molecule has 3 rings (SSSR count). The first-order valence-corrected chi connectivity index (χ1v) is 7.65. The van der Waals surface area contributed by atoms with Gasteiger partial charge in [-0.2, -0.15) is 0 Å². The number of hydrogen-bond donors (Lipinski definition) is 2. The van der Waals surface area contributed by atoms with Gasteiger partial charge in [0.25, 0.3) is 0 Å². The lowest BCUT2D eigenvalue weighted by atomic mass is 10.2.